The quantitative estimate of drug-likeness (QED) is 0.600. The first-order valence-electron chi connectivity index (χ1n) is 9.64. The molecule has 0 aromatic heterocycles. The molecular weight excluding hydrogens is 422 g/mol. The highest BCUT2D eigenvalue weighted by atomic mass is 32.2. The Morgan fingerprint density at radius 2 is 1.93 bits per heavy atom. The third-order valence-electron chi connectivity index (χ3n) is 4.78. The van der Waals surface area contributed by atoms with E-state index in [-0.39, 0.29) is 23.1 Å². The zero-order chi connectivity index (χ0) is 21.7. The topological polar surface area (TPSA) is 104 Å². The number of anilines is 1. The molecule has 7 nitrogen and oxygen atoms in total. The van der Waals surface area contributed by atoms with Crippen molar-refractivity contribution >= 4 is 39.1 Å². The van der Waals surface area contributed by atoms with Crippen molar-refractivity contribution in [3.8, 4) is 0 Å². The molecule has 9 heteroatoms. The molecule has 3 rings (SSSR count). The number of nitrogens with one attached hydrogen (secondary N) is 3. The van der Waals surface area contributed by atoms with E-state index in [0.29, 0.717) is 0 Å². The van der Waals surface area contributed by atoms with E-state index in [1.165, 1.54) is 23.9 Å². The van der Waals surface area contributed by atoms with Gasteiger partial charge in [0.1, 0.15) is 5.50 Å². The SMILES string of the molecule is CCc1cccc(NC(=O)CSC2NCC(S(=O)(=O)c3ccc(C)cc3)C(=O)N2)c1. The zero-order valence-corrected chi connectivity index (χ0v) is 18.5. The summed E-state index contributed by atoms with van der Waals surface area (Å²) in [5.41, 5.74) is 2.26. The maximum atomic E-state index is 12.8. The highest BCUT2D eigenvalue weighted by Crippen LogP contribution is 2.20. The fourth-order valence-corrected chi connectivity index (χ4v) is 5.36. The molecule has 1 aliphatic rings. The van der Waals surface area contributed by atoms with Gasteiger partial charge in [0.15, 0.2) is 15.1 Å². The number of carbonyl (C=O) groups excluding carboxylic acids is 2. The monoisotopic (exact) mass is 447 g/mol. The fourth-order valence-electron chi connectivity index (χ4n) is 3.05. The van der Waals surface area contributed by atoms with Crippen LogP contribution < -0.4 is 16.0 Å². The van der Waals surface area contributed by atoms with E-state index in [9.17, 15) is 18.0 Å². The number of hydrogen-bond acceptors (Lipinski definition) is 6. The molecule has 0 saturated carbocycles. The second kappa shape index (κ2) is 9.63. The summed E-state index contributed by atoms with van der Waals surface area (Å²) in [7, 11) is -3.79. The number of amides is 2. The molecule has 160 valence electrons. The molecule has 3 N–H and O–H groups in total. The lowest BCUT2D eigenvalue weighted by Crippen LogP contribution is -2.59. The van der Waals surface area contributed by atoms with Gasteiger partial charge in [0.25, 0.3) is 0 Å². The van der Waals surface area contributed by atoms with E-state index < -0.39 is 26.5 Å². The predicted octanol–water partition coefficient (Wildman–Crippen LogP) is 2.07. The van der Waals surface area contributed by atoms with Crippen LogP contribution >= 0.6 is 11.8 Å². The van der Waals surface area contributed by atoms with E-state index in [0.717, 1.165) is 23.2 Å². The second-order valence-corrected chi connectivity index (χ2v) is 10.3. The van der Waals surface area contributed by atoms with Gasteiger partial charge in [-0.25, -0.2) is 8.42 Å². The van der Waals surface area contributed by atoms with Gasteiger partial charge in [-0.15, -0.1) is 11.8 Å². The van der Waals surface area contributed by atoms with Crippen molar-refractivity contribution in [1.29, 1.82) is 0 Å². The van der Waals surface area contributed by atoms with Crippen molar-refractivity contribution in [3.05, 3.63) is 59.7 Å². The van der Waals surface area contributed by atoms with Crippen molar-refractivity contribution in [1.82, 2.24) is 10.6 Å². The van der Waals surface area contributed by atoms with Crippen molar-refractivity contribution in [2.75, 3.05) is 17.6 Å². The molecule has 2 aromatic carbocycles. The Morgan fingerprint density at radius 3 is 2.60 bits per heavy atom. The van der Waals surface area contributed by atoms with Gasteiger partial charge in [-0.3, -0.25) is 14.9 Å². The second-order valence-electron chi connectivity index (χ2n) is 7.06. The van der Waals surface area contributed by atoms with Gasteiger partial charge < -0.3 is 10.6 Å². The van der Waals surface area contributed by atoms with E-state index in [1.54, 1.807) is 12.1 Å². The Bertz CT molecular complexity index is 1020. The number of carbonyl (C=O) groups is 2. The van der Waals surface area contributed by atoms with Crippen molar-refractivity contribution in [2.24, 2.45) is 0 Å². The van der Waals surface area contributed by atoms with Gasteiger partial charge in [-0.1, -0.05) is 36.8 Å². The Kier molecular flexibility index (Phi) is 7.17. The van der Waals surface area contributed by atoms with Crippen LogP contribution in [0.1, 0.15) is 18.1 Å². The predicted molar refractivity (Wildman–Crippen MR) is 119 cm³/mol. The van der Waals surface area contributed by atoms with E-state index in [4.69, 9.17) is 0 Å². The van der Waals surface area contributed by atoms with Gasteiger partial charge >= 0.3 is 0 Å². The van der Waals surface area contributed by atoms with Crippen LogP contribution in [0.15, 0.2) is 53.4 Å². The lowest BCUT2D eigenvalue weighted by molar-refractivity contribution is -0.122. The minimum atomic E-state index is -3.79. The van der Waals surface area contributed by atoms with Gasteiger partial charge in [0.05, 0.1) is 10.6 Å². The summed E-state index contributed by atoms with van der Waals surface area (Å²) in [5, 5.41) is 7.27. The number of rotatable bonds is 7. The van der Waals surface area contributed by atoms with E-state index >= 15 is 0 Å². The highest BCUT2D eigenvalue weighted by molar-refractivity contribution is 8.00. The summed E-state index contributed by atoms with van der Waals surface area (Å²) >= 11 is 1.20. The van der Waals surface area contributed by atoms with Gasteiger partial charge in [0, 0.05) is 12.2 Å². The molecule has 1 aliphatic heterocycles. The molecule has 1 heterocycles. The molecule has 0 aliphatic carbocycles. The van der Waals surface area contributed by atoms with Crippen molar-refractivity contribution in [2.45, 2.75) is 35.9 Å². The third kappa shape index (κ3) is 5.41. The Balaban J connectivity index is 1.53. The minimum Gasteiger partial charge on any atom is -0.331 e. The Morgan fingerprint density at radius 1 is 1.20 bits per heavy atom. The average Bonchev–Trinajstić information content (AvgIpc) is 2.72. The summed E-state index contributed by atoms with van der Waals surface area (Å²) in [6.07, 6.45) is 0.878. The van der Waals surface area contributed by atoms with E-state index in [1.807, 2.05) is 38.1 Å². The van der Waals surface area contributed by atoms with Crippen LogP contribution in [0.2, 0.25) is 0 Å². The molecule has 1 saturated heterocycles. The molecule has 2 amide bonds. The maximum absolute atomic E-state index is 12.8. The minimum absolute atomic E-state index is 0.0140. The molecule has 2 unspecified atom stereocenters. The van der Waals surface area contributed by atoms with Crippen LogP contribution in [0.3, 0.4) is 0 Å². The van der Waals surface area contributed by atoms with Crippen LogP contribution in [0, 0.1) is 6.92 Å². The summed E-state index contributed by atoms with van der Waals surface area (Å²) in [6.45, 7) is 3.89. The number of hydrogen-bond donors (Lipinski definition) is 3. The average molecular weight is 448 g/mol. The van der Waals surface area contributed by atoms with Crippen molar-refractivity contribution in [3.63, 3.8) is 0 Å². The number of thioether (sulfide) groups is 1. The summed E-state index contributed by atoms with van der Waals surface area (Å²) < 4.78 is 25.5. The molecule has 1 fully saturated rings. The molecule has 2 aromatic rings. The first-order valence-corrected chi connectivity index (χ1v) is 12.2. The van der Waals surface area contributed by atoms with Crippen LogP contribution in [-0.4, -0.2) is 43.3 Å². The van der Waals surface area contributed by atoms with Crippen LogP contribution in [-0.2, 0) is 25.8 Å². The standard InChI is InChI=1S/C21H25N3O4S2/c1-3-15-5-4-6-16(11-15)23-19(25)13-29-21-22-12-18(20(26)24-21)30(27,28)17-9-7-14(2)8-10-17/h4-11,18,21-22H,3,12-13H2,1-2H3,(H,23,25)(H,24,26). The molecule has 0 bridgehead atoms. The fraction of sp³-hybridized carbons (Fsp3) is 0.333. The molecule has 30 heavy (non-hydrogen) atoms. The molecule has 0 spiro atoms. The highest BCUT2D eigenvalue weighted by Gasteiger charge is 2.38. The first kappa shape index (κ1) is 22.3. The van der Waals surface area contributed by atoms with Crippen LogP contribution in [0.4, 0.5) is 5.69 Å². The number of benzene rings is 2. The van der Waals surface area contributed by atoms with Gasteiger partial charge in [-0.05, 0) is 43.2 Å². The lowest BCUT2D eigenvalue weighted by Gasteiger charge is -2.29. The number of aryl methyl sites for hydroxylation is 2. The number of sulfone groups is 1. The maximum Gasteiger partial charge on any atom is 0.241 e. The normalized spacial score (nSPS) is 19.2. The molecular formula is C21H25N3O4S2. The van der Waals surface area contributed by atoms with Gasteiger partial charge in [-0.2, -0.15) is 0 Å². The molecule has 2 atom stereocenters. The van der Waals surface area contributed by atoms with Crippen LogP contribution in [0.25, 0.3) is 0 Å². The van der Waals surface area contributed by atoms with E-state index in [2.05, 4.69) is 16.0 Å². The first-order chi connectivity index (χ1) is 14.3. The van der Waals surface area contributed by atoms with Crippen LogP contribution in [0.5, 0.6) is 0 Å². The molecule has 0 radical (unpaired) electrons. The summed E-state index contributed by atoms with van der Waals surface area (Å²) in [6, 6.07) is 14.1. The zero-order valence-electron chi connectivity index (χ0n) is 16.8. The van der Waals surface area contributed by atoms with Gasteiger partial charge in [0.2, 0.25) is 11.8 Å². The Hall–Kier alpha value is -2.36. The lowest BCUT2D eigenvalue weighted by atomic mass is 10.1. The smallest absolute Gasteiger partial charge is 0.241 e. The summed E-state index contributed by atoms with van der Waals surface area (Å²) in [5.74, 6) is -0.648. The third-order valence-corrected chi connectivity index (χ3v) is 7.88. The largest absolute Gasteiger partial charge is 0.331 e. The van der Waals surface area contributed by atoms with Crippen molar-refractivity contribution < 1.29 is 18.0 Å². The Labute approximate surface area is 180 Å². The summed E-state index contributed by atoms with van der Waals surface area (Å²) in [4.78, 5) is 24.8.